The summed E-state index contributed by atoms with van der Waals surface area (Å²) in [6.07, 6.45) is 0. The van der Waals surface area contributed by atoms with Gasteiger partial charge in [-0.1, -0.05) is 29.8 Å². The molecule has 1 aromatic heterocycles. The molecule has 0 atom stereocenters. The average molecular weight is 352 g/mol. The second-order valence-electron chi connectivity index (χ2n) is 5.21. The minimum atomic E-state index is 0.0190. The van der Waals surface area contributed by atoms with Gasteiger partial charge in [0, 0.05) is 16.1 Å². The molecule has 6 nitrogen and oxygen atoms in total. The Morgan fingerprint density at radius 3 is 2.44 bits per heavy atom. The number of aromatic nitrogens is 2. The number of halogens is 1. The Balaban J connectivity index is 1.82. The van der Waals surface area contributed by atoms with E-state index in [0.717, 1.165) is 5.56 Å². The number of anilines is 2. The molecule has 0 spiro atoms. The van der Waals surface area contributed by atoms with Crippen LogP contribution in [-0.2, 0) is 6.61 Å². The molecule has 124 valence electrons. The summed E-state index contributed by atoms with van der Waals surface area (Å²) in [6.45, 7) is 0.357. The Kier molecular flexibility index (Phi) is 4.68. The van der Waals surface area contributed by atoms with Crippen LogP contribution in [0.1, 0.15) is 11.1 Å². The second-order valence-corrected chi connectivity index (χ2v) is 5.61. The molecule has 0 radical (unpaired) electrons. The van der Waals surface area contributed by atoms with Crippen LogP contribution in [0.25, 0.3) is 11.3 Å². The topological polar surface area (TPSA) is 111 Å². The van der Waals surface area contributed by atoms with Crippen LogP contribution in [0.5, 0.6) is 5.75 Å². The molecule has 0 saturated heterocycles. The molecule has 25 heavy (non-hydrogen) atoms. The first-order chi connectivity index (χ1) is 12.1. The highest BCUT2D eigenvalue weighted by atomic mass is 35.5. The number of benzene rings is 2. The lowest BCUT2D eigenvalue weighted by Gasteiger charge is -2.10. The predicted molar refractivity (Wildman–Crippen MR) is 96.8 cm³/mol. The van der Waals surface area contributed by atoms with E-state index in [0.29, 0.717) is 28.6 Å². The molecule has 3 rings (SSSR count). The number of nitrogens with zero attached hydrogens (tertiary/aromatic N) is 3. The number of nitriles is 1. The molecule has 3 aromatic rings. The molecule has 0 unspecified atom stereocenters. The zero-order valence-corrected chi connectivity index (χ0v) is 13.9. The predicted octanol–water partition coefficient (Wildman–Crippen LogP) is 3.41. The van der Waals surface area contributed by atoms with Crippen LogP contribution in [-0.4, -0.2) is 9.97 Å². The fourth-order valence-electron chi connectivity index (χ4n) is 2.30. The normalized spacial score (nSPS) is 10.2. The first kappa shape index (κ1) is 16.6. The van der Waals surface area contributed by atoms with E-state index >= 15 is 0 Å². The van der Waals surface area contributed by atoms with E-state index in [4.69, 9.17) is 27.8 Å². The van der Waals surface area contributed by atoms with Crippen LogP contribution in [0.15, 0.2) is 48.5 Å². The number of nitrogens with two attached hydrogens (primary N) is 2. The molecule has 0 fully saturated rings. The van der Waals surface area contributed by atoms with Crippen molar-refractivity contribution in [3.05, 3.63) is 64.7 Å². The SMILES string of the molecule is N#Cc1c(N)nc(N)nc1-c1ccc(OCc2ccccc2Cl)cc1. The van der Waals surface area contributed by atoms with Gasteiger partial charge in [-0.2, -0.15) is 10.2 Å². The monoisotopic (exact) mass is 351 g/mol. The van der Waals surface area contributed by atoms with Gasteiger partial charge in [-0.3, -0.25) is 0 Å². The molecule has 0 amide bonds. The lowest BCUT2D eigenvalue weighted by atomic mass is 10.1. The smallest absolute Gasteiger partial charge is 0.222 e. The third kappa shape index (κ3) is 3.62. The number of hydrogen-bond acceptors (Lipinski definition) is 6. The Morgan fingerprint density at radius 1 is 1.04 bits per heavy atom. The zero-order valence-electron chi connectivity index (χ0n) is 13.1. The maximum absolute atomic E-state index is 9.25. The molecule has 4 N–H and O–H groups in total. The van der Waals surface area contributed by atoms with Gasteiger partial charge in [0.25, 0.3) is 0 Å². The lowest BCUT2D eigenvalue weighted by molar-refractivity contribution is 0.306. The fourth-order valence-corrected chi connectivity index (χ4v) is 2.49. The van der Waals surface area contributed by atoms with Crippen molar-refractivity contribution in [1.29, 1.82) is 5.26 Å². The molecule has 0 aliphatic heterocycles. The largest absolute Gasteiger partial charge is 0.489 e. The third-order valence-electron chi connectivity index (χ3n) is 3.55. The van der Waals surface area contributed by atoms with E-state index in [1.165, 1.54) is 0 Å². The Hall–Kier alpha value is -3.30. The van der Waals surface area contributed by atoms with Crippen molar-refractivity contribution in [2.24, 2.45) is 0 Å². The van der Waals surface area contributed by atoms with E-state index < -0.39 is 0 Å². The van der Waals surface area contributed by atoms with Crippen molar-refractivity contribution < 1.29 is 4.74 Å². The maximum atomic E-state index is 9.25. The van der Waals surface area contributed by atoms with E-state index in [9.17, 15) is 5.26 Å². The summed E-state index contributed by atoms with van der Waals surface area (Å²) < 4.78 is 5.74. The van der Waals surface area contributed by atoms with E-state index in [1.54, 1.807) is 24.3 Å². The van der Waals surface area contributed by atoms with Crippen LogP contribution in [0, 0.1) is 11.3 Å². The number of rotatable bonds is 4. The van der Waals surface area contributed by atoms with Gasteiger partial charge in [0.05, 0.1) is 5.69 Å². The number of hydrogen-bond donors (Lipinski definition) is 2. The van der Waals surface area contributed by atoms with Crippen LogP contribution in [0.4, 0.5) is 11.8 Å². The van der Waals surface area contributed by atoms with E-state index in [2.05, 4.69) is 9.97 Å². The van der Waals surface area contributed by atoms with Crippen LogP contribution in [0.3, 0.4) is 0 Å². The molecular formula is C18H14ClN5O. The molecule has 7 heteroatoms. The maximum Gasteiger partial charge on any atom is 0.222 e. The van der Waals surface area contributed by atoms with E-state index in [-0.39, 0.29) is 17.3 Å². The minimum absolute atomic E-state index is 0.0190. The first-order valence-corrected chi connectivity index (χ1v) is 7.76. The van der Waals surface area contributed by atoms with Gasteiger partial charge in [-0.05, 0) is 30.3 Å². The highest BCUT2D eigenvalue weighted by molar-refractivity contribution is 6.31. The van der Waals surface area contributed by atoms with Crippen molar-refractivity contribution in [2.45, 2.75) is 6.61 Å². The summed E-state index contributed by atoms with van der Waals surface area (Å²) in [6, 6.07) is 16.6. The van der Waals surface area contributed by atoms with Gasteiger partial charge in [0.1, 0.15) is 29.8 Å². The number of nitrogen functional groups attached to an aromatic ring is 2. The van der Waals surface area contributed by atoms with Gasteiger partial charge in [0.2, 0.25) is 5.95 Å². The quantitative estimate of drug-likeness (QED) is 0.745. The van der Waals surface area contributed by atoms with Crippen LogP contribution < -0.4 is 16.2 Å². The summed E-state index contributed by atoms with van der Waals surface area (Å²) >= 11 is 6.11. The fraction of sp³-hybridized carbons (Fsp3) is 0.0556. The van der Waals surface area contributed by atoms with Crippen LogP contribution in [0.2, 0.25) is 5.02 Å². The van der Waals surface area contributed by atoms with Crippen molar-refractivity contribution in [3.63, 3.8) is 0 Å². The van der Waals surface area contributed by atoms with Gasteiger partial charge < -0.3 is 16.2 Å². The van der Waals surface area contributed by atoms with Gasteiger partial charge in [0.15, 0.2) is 0 Å². The van der Waals surface area contributed by atoms with Crippen molar-refractivity contribution in [2.75, 3.05) is 11.5 Å². The van der Waals surface area contributed by atoms with Crippen molar-refractivity contribution >= 4 is 23.4 Å². The molecule has 0 saturated carbocycles. The van der Waals surface area contributed by atoms with Crippen molar-refractivity contribution in [3.8, 4) is 23.1 Å². The molecule has 0 aliphatic rings. The summed E-state index contributed by atoms with van der Waals surface area (Å²) in [5.74, 6) is 0.742. The Labute approximate surface area is 149 Å². The summed E-state index contributed by atoms with van der Waals surface area (Å²) in [5, 5.41) is 9.91. The second kappa shape index (κ2) is 7.07. The molecule has 2 aromatic carbocycles. The first-order valence-electron chi connectivity index (χ1n) is 7.38. The Bertz CT molecular complexity index is 951. The van der Waals surface area contributed by atoms with Crippen LogP contribution >= 0.6 is 11.6 Å². The molecule has 1 heterocycles. The number of ether oxygens (including phenoxy) is 1. The Morgan fingerprint density at radius 2 is 1.76 bits per heavy atom. The molecule has 0 aliphatic carbocycles. The van der Waals surface area contributed by atoms with Gasteiger partial charge >= 0.3 is 0 Å². The summed E-state index contributed by atoms with van der Waals surface area (Å²) in [4.78, 5) is 7.92. The van der Waals surface area contributed by atoms with Gasteiger partial charge in [-0.15, -0.1) is 0 Å². The third-order valence-corrected chi connectivity index (χ3v) is 3.91. The summed E-state index contributed by atoms with van der Waals surface area (Å²) in [7, 11) is 0. The standard InChI is InChI=1S/C18H14ClN5O/c19-15-4-2-1-3-12(15)10-25-13-7-5-11(6-8-13)16-14(9-20)17(21)24-18(22)23-16/h1-8H,10H2,(H4,21,22,23,24). The van der Waals surface area contributed by atoms with E-state index in [1.807, 2.05) is 30.3 Å². The zero-order chi connectivity index (χ0) is 17.8. The van der Waals surface area contributed by atoms with Gasteiger partial charge in [-0.25, -0.2) is 4.98 Å². The molecular weight excluding hydrogens is 338 g/mol. The highest BCUT2D eigenvalue weighted by Gasteiger charge is 2.13. The minimum Gasteiger partial charge on any atom is -0.489 e. The highest BCUT2D eigenvalue weighted by Crippen LogP contribution is 2.27. The summed E-state index contributed by atoms with van der Waals surface area (Å²) in [5.41, 5.74) is 13.5. The lowest BCUT2D eigenvalue weighted by Crippen LogP contribution is -2.05. The average Bonchev–Trinajstić information content (AvgIpc) is 2.61. The molecule has 0 bridgehead atoms. The van der Waals surface area contributed by atoms with Crippen molar-refractivity contribution in [1.82, 2.24) is 9.97 Å².